The molecule has 5 heteroatoms. The van der Waals surface area contributed by atoms with Gasteiger partial charge < -0.3 is 20.5 Å². The van der Waals surface area contributed by atoms with Crippen molar-refractivity contribution in [1.82, 2.24) is 4.90 Å². The van der Waals surface area contributed by atoms with Gasteiger partial charge in [0.2, 0.25) is 0 Å². The molecule has 0 amide bonds. The Hall–Kier alpha value is -1.46. The maximum Gasteiger partial charge on any atom is 0.143 e. The van der Waals surface area contributed by atoms with Crippen molar-refractivity contribution >= 4 is 11.4 Å². The molecule has 0 radical (unpaired) electrons. The van der Waals surface area contributed by atoms with Crippen molar-refractivity contribution in [2.45, 2.75) is 13.0 Å². The number of rotatable bonds is 4. The van der Waals surface area contributed by atoms with E-state index in [1.165, 1.54) is 0 Å². The molecule has 0 aromatic heterocycles. The molecule has 0 bridgehead atoms. The maximum absolute atomic E-state index is 9.40. The number of aliphatic hydroxyl groups is 1. The van der Waals surface area contributed by atoms with Gasteiger partial charge in [-0.2, -0.15) is 0 Å². The molecule has 1 aromatic carbocycles. The number of anilines is 2. The van der Waals surface area contributed by atoms with Gasteiger partial charge in [-0.3, -0.25) is 4.90 Å². The summed E-state index contributed by atoms with van der Waals surface area (Å²) in [5, 5.41) is 9.40. The zero-order valence-corrected chi connectivity index (χ0v) is 11.7. The van der Waals surface area contributed by atoms with Crippen molar-refractivity contribution in [2.75, 3.05) is 50.5 Å². The van der Waals surface area contributed by atoms with Gasteiger partial charge in [0.15, 0.2) is 0 Å². The van der Waals surface area contributed by atoms with Crippen molar-refractivity contribution in [2.24, 2.45) is 0 Å². The zero-order valence-electron chi connectivity index (χ0n) is 11.7. The minimum atomic E-state index is -0.261. The second-order valence-corrected chi connectivity index (χ2v) is 5.06. The third-order valence-corrected chi connectivity index (χ3v) is 3.48. The molecule has 106 valence electrons. The van der Waals surface area contributed by atoms with Crippen LogP contribution in [0.3, 0.4) is 0 Å². The summed E-state index contributed by atoms with van der Waals surface area (Å²) in [4.78, 5) is 4.61. The molecule has 19 heavy (non-hydrogen) atoms. The summed E-state index contributed by atoms with van der Waals surface area (Å²) in [6.07, 6.45) is -0.261. The Morgan fingerprint density at radius 2 is 2.00 bits per heavy atom. The van der Waals surface area contributed by atoms with Crippen LogP contribution in [0.15, 0.2) is 18.2 Å². The summed E-state index contributed by atoms with van der Waals surface area (Å²) < 4.78 is 5.26. The minimum absolute atomic E-state index is 0.261. The number of nitrogens with two attached hydrogens (primary N) is 1. The number of methoxy groups -OCH3 is 1. The van der Waals surface area contributed by atoms with Gasteiger partial charge in [-0.15, -0.1) is 0 Å². The van der Waals surface area contributed by atoms with Crippen molar-refractivity contribution in [3.8, 4) is 5.75 Å². The van der Waals surface area contributed by atoms with Crippen molar-refractivity contribution in [3.05, 3.63) is 18.2 Å². The molecule has 0 unspecified atom stereocenters. The third-order valence-electron chi connectivity index (χ3n) is 3.48. The lowest BCUT2D eigenvalue weighted by atomic mass is 10.2. The van der Waals surface area contributed by atoms with Crippen molar-refractivity contribution in [1.29, 1.82) is 0 Å². The topological polar surface area (TPSA) is 62.0 Å². The van der Waals surface area contributed by atoms with E-state index in [1.54, 1.807) is 7.11 Å². The van der Waals surface area contributed by atoms with E-state index < -0.39 is 0 Å². The monoisotopic (exact) mass is 265 g/mol. The highest BCUT2D eigenvalue weighted by atomic mass is 16.5. The molecule has 1 atom stereocenters. The van der Waals surface area contributed by atoms with Gasteiger partial charge in [-0.25, -0.2) is 0 Å². The fraction of sp³-hybridized carbons (Fsp3) is 0.571. The number of hydrogen-bond donors (Lipinski definition) is 2. The molecule has 0 saturated carbocycles. The Kier molecular flexibility index (Phi) is 4.50. The number of ether oxygens (including phenoxy) is 1. The van der Waals surface area contributed by atoms with Crippen LogP contribution in [0.5, 0.6) is 5.75 Å². The van der Waals surface area contributed by atoms with Crippen LogP contribution in [0.25, 0.3) is 0 Å². The van der Waals surface area contributed by atoms with Gasteiger partial charge in [-0.1, -0.05) is 0 Å². The number of benzene rings is 1. The number of hydrogen-bond acceptors (Lipinski definition) is 5. The molecule has 1 aromatic rings. The van der Waals surface area contributed by atoms with Crippen LogP contribution in [-0.2, 0) is 0 Å². The number of aliphatic hydroxyl groups excluding tert-OH is 1. The lowest BCUT2D eigenvalue weighted by Crippen LogP contribution is -2.48. The highest BCUT2D eigenvalue weighted by Crippen LogP contribution is 2.27. The summed E-state index contributed by atoms with van der Waals surface area (Å²) in [5.41, 5.74) is 7.63. The van der Waals surface area contributed by atoms with Crippen LogP contribution in [0, 0.1) is 0 Å². The van der Waals surface area contributed by atoms with Crippen LogP contribution in [0.4, 0.5) is 11.4 Å². The number of nitrogen functional groups attached to an aromatic ring is 1. The lowest BCUT2D eigenvalue weighted by molar-refractivity contribution is 0.122. The Labute approximate surface area is 114 Å². The van der Waals surface area contributed by atoms with Crippen LogP contribution >= 0.6 is 0 Å². The van der Waals surface area contributed by atoms with E-state index in [4.69, 9.17) is 10.5 Å². The first-order chi connectivity index (χ1) is 9.10. The Morgan fingerprint density at radius 1 is 1.32 bits per heavy atom. The fourth-order valence-corrected chi connectivity index (χ4v) is 2.46. The Bertz CT molecular complexity index is 415. The molecule has 1 aliphatic rings. The lowest BCUT2D eigenvalue weighted by Gasteiger charge is -2.36. The van der Waals surface area contributed by atoms with E-state index in [0.29, 0.717) is 5.69 Å². The summed E-state index contributed by atoms with van der Waals surface area (Å²) in [5.74, 6) is 0.726. The van der Waals surface area contributed by atoms with Gasteiger partial charge in [0, 0.05) is 44.5 Å². The molecule has 1 saturated heterocycles. The number of β-amino-alcohol motifs (C(OH)–C–C–N with tert-alkyl or cyclic N) is 1. The summed E-state index contributed by atoms with van der Waals surface area (Å²) in [6.45, 7) is 6.44. The van der Waals surface area contributed by atoms with E-state index in [9.17, 15) is 5.11 Å². The minimum Gasteiger partial charge on any atom is -0.495 e. The predicted octanol–water partition coefficient (Wildman–Crippen LogP) is 0.780. The first-order valence-electron chi connectivity index (χ1n) is 6.69. The smallest absolute Gasteiger partial charge is 0.143 e. The molecule has 1 fully saturated rings. The molecular formula is C14H23N3O2. The average Bonchev–Trinajstić information content (AvgIpc) is 2.40. The molecule has 0 spiro atoms. The van der Waals surface area contributed by atoms with Gasteiger partial charge >= 0.3 is 0 Å². The van der Waals surface area contributed by atoms with E-state index in [1.807, 2.05) is 25.1 Å². The molecular weight excluding hydrogens is 242 g/mol. The Morgan fingerprint density at radius 3 is 2.58 bits per heavy atom. The summed E-state index contributed by atoms with van der Waals surface area (Å²) in [7, 11) is 1.63. The van der Waals surface area contributed by atoms with E-state index in [-0.39, 0.29) is 6.10 Å². The molecule has 3 N–H and O–H groups in total. The quantitative estimate of drug-likeness (QED) is 0.788. The zero-order chi connectivity index (χ0) is 13.8. The second-order valence-electron chi connectivity index (χ2n) is 5.06. The van der Waals surface area contributed by atoms with Gasteiger partial charge in [0.1, 0.15) is 5.75 Å². The third kappa shape index (κ3) is 3.52. The number of nitrogens with zero attached hydrogens (tertiary/aromatic N) is 2. The molecule has 1 heterocycles. The van der Waals surface area contributed by atoms with Crippen molar-refractivity contribution in [3.63, 3.8) is 0 Å². The van der Waals surface area contributed by atoms with E-state index in [0.717, 1.165) is 44.2 Å². The maximum atomic E-state index is 9.40. The molecule has 0 aliphatic carbocycles. The molecule has 5 nitrogen and oxygen atoms in total. The first-order valence-corrected chi connectivity index (χ1v) is 6.69. The molecule has 2 rings (SSSR count). The summed E-state index contributed by atoms with van der Waals surface area (Å²) >= 11 is 0. The fourth-order valence-electron chi connectivity index (χ4n) is 2.46. The van der Waals surface area contributed by atoms with Crippen LogP contribution in [-0.4, -0.2) is 55.9 Å². The van der Waals surface area contributed by atoms with E-state index in [2.05, 4.69) is 9.80 Å². The average molecular weight is 265 g/mol. The SMILES string of the molecule is COc1cc(N2CCN(C[C@@H](C)O)CC2)ccc1N. The van der Waals surface area contributed by atoms with Crippen LogP contribution in [0.2, 0.25) is 0 Å². The Balaban J connectivity index is 1.97. The van der Waals surface area contributed by atoms with Crippen molar-refractivity contribution < 1.29 is 9.84 Å². The van der Waals surface area contributed by atoms with Gasteiger partial charge in [0.25, 0.3) is 0 Å². The number of piperazine rings is 1. The van der Waals surface area contributed by atoms with E-state index >= 15 is 0 Å². The standard InChI is InChI=1S/C14H23N3O2/c1-11(18)10-16-5-7-17(8-6-16)12-3-4-13(15)14(9-12)19-2/h3-4,9,11,18H,5-8,10,15H2,1-2H3/t11-/m1/s1. The van der Waals surface area contributed by atoms with Gasteiger partial charge in [0.05, 0.1) is 18.9 Å². The predicted molar refractivity (Wildman–Crippen MR) is 77.7 cm³/mol. The molecule has 1 aliphatic heterocycles. The van der Waals surface area contributed by atoms with Crippen LogP contribution < -0.4 is 15.4 Å². The van der Waals surface area contributed by atoms with Crippen LogP contribution in [0.1, 0.15) is 6.92 Å². The summed E-state index contributed by atoms with van der Waals surface area (Å²) in [6, 6.07) is 5.90. The largest absolute Gasteiger partial charge is 0.495 e. The first kappa shape index (κ1) is 14.0. The normalized spacial score (nSPS) is 18.4. The van der Waals surface area contributed by atoms with Gasteiger partial charge in [-0.05, 0) is 19.1 Å². The second kappa shape index (κ2) is 6.12. The highest BCUT2D eigenvalue weighted by molar-refractivity contribution is 5.62. The highest BCUT2D eigenvalue weighted by Gasteiger charge is 2.18.